The van der Waals surface area contributed by atoms with Crippen molar-refractivity contribution in [1.29, 1.82) is 0 Å². The lowest BCUT2D eigenvalue weighted by Crippen LogP contribution is -2.33. The number of aliphatic hydroxyl groups excluding tert-OH is 1. The molecule has 0 aliphatic rings. The number of hydrogen-bond donors (Lipinski definition) is 2. The van der Waals surface area contributed by atoms with Crippen LogP contribution in [0.15, 0.2) is 30.3 Å². The highest BCUT2D eigenvalue weighted by atomic mass is 32.1. The van der Waals surface area contributed by atoms with Crippen LogP contribution in [0, 0.1) is 0 Å². The molecular formula is C12H13NO4S. The maximum absolute atomic E-state index is 11.7. The minimum Gasteiger partial charge on any atom is -0.415 e. The van der Waals surface area contributed by atoms with Crippen molar-refractivity contribution >= 4 is 29.1 Å². The summed E-state index contributed by atoms with van der Waals surface area (Å²) >= 11 is 4.59. The molecule has 2 unspecified atom stereocenters. The molecular weight excluding hydrogens is 254 g/mol. The Hall–Kier alpha value is -1.79. The van der Waals surface area contributed by atoms with Crippen molar-refractivity contribution in [3.05, 3.63) is 35.9 Å². The highest BCUT2D eigenvalue weighted by Gasteiger charge is 2.13. The third kappa shape index (κ3) is 4.60. The van der Waals surface area contributed by atoms with Gasteiger partial charge in [0.1, 0.15) is 12.6 Å². The van der Waals surface area contributed by atoms with Crippen LogP contribution in [0.5, 0.6) is 0 Å². The van der Waals surface area contributed by atoms with E-state index < -0.39 is 24.5 Å². The summed E-state index contributed by atoms with van der Waals surface area (Å²) in [5, 5.41) is 10.9. The average molecular weight is 268 g/mol. The maximum Gasteiger partial charge on any atom is 0.331 e. The molecule has 96 valence electrons. The molecule has 6 heteroatoms. The largest absolute Gasteiger partial charge is 0.415 e. The molecule has 2 atom stereocenters. The van der Waals surface area contributed by atoms with Gasteiger partial charge in [0.05, 0.1) is 1.37 Å². The molecule has 1 aromatic carbocycles. The fourth-order valence-electron chi connectivity index (χ4n) is 1.01. The summed E-state index contributed by atoms with van der Waals surface area (Å²) in [5.74, 6) is -1.62. The Morgan fingerprint density at radius 1 is 1.50 bits per heavy atom. The van der Waals surface area contributed by atoms with Crippen molar-refractivity contribution < 1.29 is 20.8 Å². The Labute approximate surface area is 111 Å². The fourth-order valence-corrected chi connectivity index (χ4v) is 1.09. The van der Waals surface area contributed by atoms with Gasteiger partial charge in [-0.3, -0.25) is 4.79 Å². The number of thiocarbonyl (C=S) groups is 1. The first kappa shape index (κ1) is 12.7. The van der Waals surface area contributed by atoms with Gasteiger partial charge in [0.15, 0.2) is 5.05 Å². The van der Waals surface area contributed by atoms with Crippen LogP contribution in [-0.2, 0) is 9.53 Å². The summed E-state index contributed by atoms with van der Waals surface area (Å²) in [4.78, 5) is 23.1. The summed E-state index contributed by atoms with van der Waals surface area (Å²) in [6.07, 6.45) is -1.10. The summed E-state index contributed by atoms with van der Waals surface area (Å²) in [5.41, 5.74) is 0.325. The zero-order valence-electron chi connectivity index (χ0n) is 10.6. The van der Waals surface area contributed by atoms with E-state index in [1.165, 1.54) is 6.92 Å². The van der Waals surface area contributed by atoms with Crippen molar-refractivity contribution in [1.82, 2.24) is 5.32 Å². The SMILES string of the molecule is [2H]C(NC(=O)c1ccccc1)C(=O)OC(=S)C(C)O. The van der Waals surface area contributed by atoms with Gasteiger partial charge in [-0.05, 0) is 31.3 Å². The molecule has 0 radical (unpaired) electrons. The number of benzene rings is 1. The van der Waals surface area contributed by atoms with Crippen LogP contribution in [0.4, 0.5) is 0 Å². The minimum atomic E-state index is -1.61. The summed E-state index contributed by atoms with van der Waals surface area (Å²) in [7, 11) is 0. The molecule has 0 bridgehead atoms. The zero-order chi connectivity index (χ0) is 14.4. The van der Waals surface area contributed by atoms with Crippen LogP contribution in [0.1, 0.15) is 18.7 Å². The molecule has 5 nitrogen and oxygen atoms in total. The van der Waals surface area contributed by atoms with Crippen molar-refractivity contribution in [2.24, 2.45) is 0 Å². The van der Waals surface area contributed by atoms with Crippen molar-refractivity contribution in [3.63, 3.8) is 0 Å². The van der Waals surface area contributed by atoms with Gasteiger partial charge in [-0.2, -0.15) is 0 Å². The number of amides is 1. The first-order chi connectivity index (χ1) is 8.91. The van der Waals surface area contributed by atoms with E-state index in [0.29, 0.717) is 5.56 Å². The number of carbonyl (C=O) groups is 2. The van der Waals surface area contributed by atoms with Crippen molar-refractivity contribution in [3.8, 4) is 0 Å². The van der Waals surface area contributed by atoms with Crippen molar-refractivity contribution in [2.45, 2.75) is 13.0 Å². The smallest absolute Gasteiger partial charge is 0.331 e. The minimum absolute atomic E-state index is 0.325. The van der Waals surface area contributed by atoms with Crippen LogP contribution < -0.4 is 5.32 Å². The Balaban J connectivity index is 2.55. The molecule has 0 saturated carbocycles. The van der Waals surface area contributed by atoms with Gasteiger partial charge in [-0.1, -0.05) is 18.2 Å². The first-order valence-electron chi connectivity index (χ1n) is 5.71. The number of carbonyl (C=O) groups excluding carboxylic acids is 2. The van der Waals surface area contributed by atoms with Gasteiger partial charge in [0.2, 0.25) is 0 Å². The van der Waals surface area contributed by atoms with E-state index in [0.717, 1.165) is 0 Å². The number of ether oxygens (including phenoxy) is 1. The normalized spacial score (nSPS) is 14.0. The van der Waals surface area contributed by atoms with Gasteiger partial charge < -0.3 is 15.2 Å². The number of aliphatic hydroxyl groups is 1. The number of hydrogen-bond acceptors (Lipinski definition) is 5. The van der Waals surface area contributed by atoms with E-state index in [-0.39, 0.29) is 5.05 Å². The van der Waals surface area contributed by atoms with E-state index in [1.807, 2.05) is 0 Å². The van der Waals surface area contributed by atoms with Gasteiger partial charge in [-0.15, -0.1) is 0 Å². The molecule has 0 fully saturated rings. The molecule has 1 aromatic rings. The highest BCUT2D eigenvalue weighted by Crippen LogP contribution is 1.97. The lowest BCUT2D eigenvalue weighted by molar-refractivity contribution is -0.134. The molecule has 1 rings (SSSR count). The zero-order valence-corrected chi connectivity index (χ0v) is 10.4. The second kappa shape index (κ2) is 6.83. The van der Waals surface area contributed by atoms with Crippen LogP contribution in [-0.4, -0.2) is 34.7 Å². The molecule has 0 spiro atoms. The monoisotopic (exact) mass is 268 g/mol. The molecule has 18 heavy (non-hydrogen) atoms. The average Bonchev–Trinajstić information content (AvgIpc) is 2.39. The quantitative estimate of drug-likeness (QED) is 0.620. The van der Waals surface area contributed by atoms with Crippen molar-refractivity contribution in [2.75, 3.05) is 6.52 Å². The maximum atomic E-state index is 11.7. The van der Waals surface area contributed by atoms with Gasteiger partial charge in [0, 0.05) is 5.56 Å². The summed E-state index contributed by atoms with van der Waals surface area (Å²) in [6, 6.07) is 8.16. The van der Waals surface area contributed by atoms with Gasteiger partial charge >= 0.3 is 5.97 Å². The van der Waals surface area contributed by atoms with Crippen LogP contribution in [0.3, 0.4) is 0 Å². The van der Waals surface area contributed by atoms with E-state index in [4.69, 9.17) is 6.48 Å². The van der Waals surface area contributed by atoms with Gasteiger partial charge in [-0.25, -0.2) is 4.79 Å². The standard InChI is InChI=1S/C12H13NO4S/c1-8(14)12(18)17-10(15)7-13-11(16)9-5-3-2-4-6-9/h2-6,8,14H,7H2,1H3,(H,13,16)/i7D. The molecule has 0 aliphatic heterocycles. The third-order valence-electron chi connectivity index (χ3n) is 1.90. The van der Waals surface area contributed by atoms with Crippen LogP contribution in [0.25, 0.3) is 0 Å². The number of esters is 1. The van der Waals surface area contributed by atoms with Gasteiger partial charge in [0.25, 0.3) is 5.91 Å². The van der Waals surface area contributed by atoms with E-state index in [1.54, 1.807) is 30.3 Å². The Morgan fingerprint density at radius 3 is 2.67 bits per heavy atom. The molecule has 2 N–H and O–H groups in total. The topological polar surface area (TPSA) is 75.6 Å². The fraction of sp³-hybridized carbons (Fsp3) is 0.250. The third-order valence-corrected chi connectivity index (χ3v) is 2.32. The second-order valence-electron chi connectivity index (χ2n) is 3.40. The van der Waals surface area contributed by atoms with Crippen LogP contribution in [0.2, 0.25) is 0 Å². The van der Waals surface area contributed by atoms with E-state index >= 15 is 0 Å². The summed E-state index contributed by atoms with van der Waals surface area (Å²) in [6.45, 7) is -0.277. The lowest BCUT2D eigenvalue weighted by atomic mass is 10.2. The summed E-state index contributed by atoms with van der Waals surface area (Å²) < 4.78 is 12.0. The predicted molar refractivity (Wildman–Crippen MR) is 69.1 cm³/mol. The highest BCUT2D eigenvalue weighted by molar-refractivity contribution is 7.80. The first-order valence-corrected chi connectivity index (χ1v) is 5.54. The Kier molecular flexibility index (Phi) is 4.80. The van der Waals surface area contributed by atoms with Crippen LogP contribution >= 0.6 is 12.2 Å². The predicted octanol–water partition coefficient (Wildman–Crippen LogP) is 0.668. The molecule has 0 aromatic heterocycles. The number of rotatable bonds is 4. The Bertz CT molecular complexity index is 478. The second-order valence-corrected chi connectivity index (χ2v) is 3.80. The molecule has 0 aliphatic carbocycles. The Morgan fingerprint density at radius 2 is 2.11 bits per heavy atom. The van der Waals surface area contributed by atoms with E-state index in [2.05, 4.69) is 22.3 Å². The van der Waals surface area contributed by atoms with E-state index in [9.17, 15) is 9.59 Å². The lowest BCUT2D eigenvalue weighted by Gasteiger charge is -2.08. The molecule has 0 saturated heterocycles. The molecule has 0 heterocycles. The number of nitrogens with one attached hydrogen (secondary N) is 1. The molecule has 1 amide bonds.